The van der Waals surface area contributed by atoms with Crippen LogP contribution in [-0.4, -0.2) is 67.4 Å². The Balaban J connectivity index is 0.000000204. The first-order chi connectivity index (χ1) is 9.20. The number of aryl methyl sites for hydroxylation is 1. The Kier molecular flexibility index (Phi) is 6.24. The Bertz CT molecular complexity index is 607. The standard InChI is InChI=1S/C7H8O3S.C6H11N2.Sb/c1-6-2-4-7(5-3-6)11(8,9)10;1-6(5-7-2)8(3)4;/h2-5H,1H3,(H,8,9,10);1,5H,2-4H3;/q;-1;+1. The molecule has 0 fully saturated rings. The van der Waals surface area contributed by atoms with Crippen molar-refractivity contribution < 1.29 is 13.0 Å². The molecule has 1 aromatic carbocycles. The minimum Gasteiger partial charge on any atom is -0.282 e. The number of rotatable bonds is 2. The van der Waals surface area contributed by atoms with E-state index in [4.69, 9.17) is 4.55 Å². The fourth-order valence-corrected chi connectivity index (χ4v) is 4.06. The molecule has 0 aliphatic carbocycles. The maximum Gasteiger partial charge on any atom is 0.294 e. The van der Waals surface area contributed by atoms with Crippen molar-refractivity contribution in [1.29, 1.82) is 0 Å². The molecule has 0 saturated heterocycles. The molecular weight excluding hydrogens is 386 g/mol. The van der Waals surface area contributed by atoms with E-state index in [1.54, 1.807) is 12.1 Å². The van der Waals surface area contributed by atoms with Crippen LogP contribution in [-0.2, 0) is 10.1 Å². The first-order valence-corrected chi connectivity index (χ1v) is 9.96. The van der Waals surface area contributed by atoms with Gasteiger partial charge in [0.1, 0.15) is 0 Å². The Morgan fingerprint density at radius 1 is 1.20 bits per heavy atom. The van der Waals surface area contributed by atoms with Crippen LogP contribution in [0.3, 0.4) is 0 Å². The molecule has 2 rings (SSSR count). The normalized spacial score (nSPS) is 13.7. The molecule has 5 nitrogen and oxygen atoms in total. The van der Waals surface area contributed by atoms with Gasteiger partial charge in [-0.15, -0.1) is 0 Å². The molecule has 1 N–H and O–H groups in total. The number of nitrogens with zero attached hydrogens (tertiary/aromatic N) is 2. The smallest absolute Gasteiger partial charge is 0.282 e. The molecule has 0 atom stereocenters. The molecule has 0 aromatic heterocycles. The van der Waals surface area contributed by atoms with Gasteiger partial charge >= 0.3 is 66.4 Å². The van der Waals surface area contributed by atoms with E-state index in [0.29, 0.717) is 0 Å². The molecule has 0 saturated carbocycles. The molecule has 1 aliphatic rings. The van der Waals surface area contributed by atoms with E-state index in [-0.39, 0.29) is 26.3 Å². The predicted molar refractivity (Wildman–Crippen MR) is 82.3 cm³/mol. The molecule has 0 spiro atoms. The average Bonchev–Trinajstić information content (AvgIpc) is 2.76. The van der Waals surface area contributed by atoms with Crippen molar-refractivity contribution in [1.82, 2.24) is 7.96 Å². The maximum atomic E-state index is 10.5. The molecular formula is C13H19N2O3SSb. The minimum atomic E-state index is -4.02. The second kappa shape index (κ2) is 7.25. The van der Waals surface area contributed by atoms with Gasteiger partial charge in [0.05, 0.1) is 4.90 Å². The van der Waals surface area contributed by atoms with E-state index < -0.39 is 10.1 Å². The van der Waals surface area contributed by atoms with Gasteiger partial charge in [0.15, 0.2) is 0 Å². The largest absolute Gasteiger partial charge is 0.294 e. The Morgan fingerprint density at radius 2 is 1.75 bits per heavy atom. The summed E-state index contributed by atoms with van der Waals surface area (Å²) < 4.78 is 34.2. The Labute approximate surface area is 131 Å². The fraction of sp³-hybridized carbons (Fsp3) is 0.308. The van der Waals surface area contributed by atoms with Crippen LogP contribution in [0.4, 0.5) is 0 Å². The van der Waals surface area contributed by atoms with Crippen LogP contribution in [0.1, 0.15) is 5.56 Å². The quantitative estimate of drug-likeness (QED) is 0.588. The average molecular weight is 405 g/mol. The molecule has 110 valence electrons. The molecule has 1 aromatic rings. The van der Waals surface area contributed by atoms with E-state index in [2.05, 4.69) is 39.3 Å². The zero-order valence-electron chi connectivity index (χ0n) is 12.0. The SMILES string of the molecule is C[N]1C=C(N(C)C)[CH]=[Sb]1.Cc1ccc(S(=O)(=O)O)cc1. The minimum absolute atomic E-state index is 0.0666. The van der Waals surface area contributed by atoms with Gasteiger partial charge in [0.25, 0.3) is 10.1 Å². The van der Waals surface area contributed by atoms with Crippen LogP contribution in [0.5, 0.6) is 0 Å². The molecule has 1 heterocycles. The van der Waals surface area contributed by atoms with Crippen molar-refractivity contribution in [3.63, 3.8) is 0 Å². The van der Waals surface area contributed by atoms with Gasteiger partial charge < -0.3 is 0 Å². The van der Waals surface area contributed by atoms with Crippen molar-refractivity contribution in [3.05, 3.63) is 41.7 Å². The van der Waals surface area contributed by atoms with Gasteiger partial charge in [0, 0.05) is 0 Å². The van der Waals surface area contributed by atoms with Gasteiger partial charge in [-0.3, -0.25) is 4.55 Å². The third kappa shape index (κ3) is 5.65. The van der Waals surface area contributed by atoms with Gasteiger partial charge in [0.2, 0.25) is 0 Å². The van der Waals surface area contributed by atoms with Crippen molar-refractivity contribution >= 4 is 35.5 Å². The summed E-state index contributed by atoms with van der Waals surface area (Å²) in [6, 6.07) is 5.99. The Morgan fingerprint density at radius 3 is 2.05 bits per heavy atom. The Hall–Kier alpha value is -0.842. The summed E-state index contributed by atoms with van der Waals surface area (Å²) in [5.74, 6) is 0. The molecule has 7 heteroatoms. The molecule has 0 bridgehead atoms. The zero-order valence-corrected chi connectivity index (χ0v) is 15.3. The molecule has 1 aliphatic heterocycles. The van der Waals surface area contributed by atoms with Gasteiger partial charge in [-0.05, 0) is 19.1 Å². The number of hydrogen-bond acceptors (Lipinski definition) is 4. The van der Waals surface area contributed by atoms with Gasteiger partial charge in [-0.25, -0.2) is 0 Å². The van der Waals surface area contributed by atoms with Crippen LogP contribution in [0, 0.1) is 6.92 Å². The second-order valence-corrected chi connectivity index (χ2v) is 9.17. The molecule has 0 radical (unpaired) electrons. The summed E-state index contributed by atoms with van der Waals surface area (Å²) >= 11 is -0.136. The van der Waals surface area contributed by atoms with E-state index in [1.165, 1.54) is 17.8 Å². The van der Waals surface area contributed by atoms with Crippen LogP contribution in [0.15, 0.2) is 41.1 Å². The predicted octanol–water partition coefficient (Wildman–Crippen LogP) is 0.998. The van der Waals surface area contributed by atoms with Crippen LogP contribution in [0.25, 0.3) is 0 Å². The zero-order chi connectivity index (χ0) is 15.3. The first-order valence-electron chi connectivity index (χ1n) is 5.90. The first kappa shape index (κ1) is 17.2. The second-order valence-electron chi connectivity index (χ2n) is 4.55. The van der Waals surface area contributed by atoms with E-state index in [9.17, 15) is 8.42 Å². The van der Waals surface area contributed by atoms with Crippen molar-refractivity contribution in [3.8, 4) is 0 Å². The number of allylic oxidation sites excluding steroid dienone is 1. The van der Waals surface area contributed by atoms with Gasteiger partial charge in [-0.2, -0.15) is 8.42 Å². The van der Waals surface area contributed by atoms with Gasteiger partial charge in [-0.1, -0.05) is 17.7 Å². The maximum absolute atomic E-state index is 10.5. The summed E-state index contributed by atoms with van der Waals surface area (Å²) in [6.45, 7) is 1.84. The summed E-state index contributed by atoms with van der Waals surface area (Å²) in [4.78, 5) is 2.09. The van der Waals surface area contributed by atoms with Crippen LogP contribution < -0.4 is 0 Å². The summed E-state index contributed by atoms with van der Waals surface area (Å²) in [6.07, 6.45) is 2.21. The topological polar surface area (TPSA) is 60.9 Å². The van der Waals surface area contributed by atoms with Crippen LogP contribution in [0.2, 0.25) is 0 Å². The molecule has 0 amide bonds. The monoisotopic (exact) mass is 404 g/mol. The molecule has 20 heavy (non-hydrogen) atoms. The van der Waals surface area contributed by atoms with Crippen molar-refractivity contribution in [2.24, 2.45) is 0 Å². The number of hydrogen-bond donors (Lipinski definition) is 1. The van der Waals surface area contributed by atoms with Crippen molar-refractivity contribution in [2.45, 2.75) is 11.8 Å². The summed E-state index contributed by atoms with van der Waals surface area (Å²) in [5, 5.41) is 0. The summed E-state index contributed by atoms with van der Waals surface area (Å²) in [7, 11) is 2.29. The third-order valence-electron chi connectivity index (χ3n) is 2.53. The fourth-order valence-electron chi connectivity index (χ4n) is 1.35. The van der Waals surface area contributed by atoms with E-state index in [1.807, 2.05) is 6.92 Å². The molecule has 0 unspecified atom stereocenters. The number of benzene rings is 1. The van der Waals surface area contributed by atoms with Crippen molar-refractivity contribution in [2.75, 3.05) is 21.1 Å². The summed E-state index contributed by atoms with van der Waals surface area (Å²) in [5.41, 5.74) is 2.33. The third-order valence-corrected chi connectivity index (χ3v) is 5.85. The van der Waals surface area contributed by atoms with E-state index in [0.717, 1.165) is 5.56 Å². The van der Waals surface area contributed by atoms with E-state index >= 15 is 0 Å². The van der Waals surface area contributed by atoms with Crippen LogP contribution >= 0.6 is 0 Å².